The molecule has 0 atom stereocenters. The summed E-state index contributed by atoms with van der Waals surface area (Å²) in [7, 11) is 0. The van der Waals surface area contributed by atoms with Gasteiger partial charge in [0, 0.05) is 6.54 Å². The Balaban J connectivity index is 1.83. The lowest BCUT2D eigenvalue weighted by Crippen LogP contribution is -2.10. The first kappa shape index (κ1) is 11.7. The standard InChI is InChI=1S/C17H17N3/c18-11-12-6-7-14-15(10-12)20-16(19-14)17(8-9-17)13-4-2-1-3-5-13/h1-7,10H,8-9,11,18H2,(H,19,20). The van der Waals surface area contributed by atoms with Gasteiger partial charge in [-0.1, -0.05) is 36.4 Å². The zero-order valence-corrected chi connectivity index (χ0v) is 11.3. The summed E-state index contributed by atoms with van der Waals surface area (Å²) in [6.45, 7) is 0.564. The molecule has 0 spiro atoms. The molecule has 0 unspecified atom stereocenters. The fraction of sp³-hybridized carbons (Fsp3) is 0.235. The first-order valence-corrected chi connectivity index (χ1v) is 7.06. The third kappa shape index (κ3) is 1.67. The predicted octanol–water partition coefficient (Wildman–Crippen LogP) is 3.10. The summed E-state index contributed by atoms with van der Waals surface area (Å²) in [5.74, 6) is 1.09. The van der Waals surface area contributed by atoms with Crippen molar-refractivity contribution >= 4 is 11.0 Å². The van der Waals surface area contributed by atoms with E-state index in [-0.39, 0.29) is 5.41 Å². The van der Waals surface area contributed by atoms with Crippen molar-refractivity contribution in [2.24, 2.45) is 5.73 Å². The molecule has 0 radical (unpaired) electrons. The Hall–Kier alpha value is -2.13. The van der Waals surface area contributed by atoms with E-state index in [9.17, 15) is 0 Å². The summed E-state index contributed by atoms with van der Waals surface area (Å²) in [5, 5.41) is 0. The normalized spacial score (nSPS) is 16.4. The van der Waals surface area contributed by atoms with Crippen LogP contribution in [0.25, 0.3) is 11.0 Å². The molecule has 1 aromatic heterocycles. The summed E-state index contributed by atoms with van der Waals surface area (Å²) in [6, 6.07) is 16.9. The Morgan fingerprint density at radius 3 is 2.60 bits per heavy atom. The zero-order valence-electron chi connectivity index (χ0n) is 11.3. The second-order valence-electron chi connectivity index (χ2n) is 5.59. The molecule has 2 aromatic carbocycles. The van der Waals surface area contributed by atoms with Crippen molar-refractivity contribution in [3.05, 3.63) is 65.5 Å². The minimum Gasteiger partial charge on any atom is -0.341 e. The van der Waals surface area contributed by atoms with Crippen LogP contribution in [-0.2, 0) is 12.0 Å². The van der Waals surface area contributed by atoms with Crippen LogP contribution in [0.5, 0.6) is 0 Å². The van der Waals surface area contributed by atoms with E-state index >= 15 is 0 Å². The minimum absolute atomic E-state index is 0.100. The van der Waals surface area contributed by atoms with E-state index < -0.39 is 0 Å². The van der Waals surface area contributed by atoms with Gasteiger partial charge in [-0.05, 0) is 36.1 Å². The molecule has 3 N–H and O–H groups in total. The molecule has 20 heavy (non-hydrogen) atoms. The lowest BCUT2D eigenvalue weighted by Gasteiger charge is -2.12. The Labute approximate surface area is 117 Å². The van der Waals surface area contributed by atoms with E-state index in [4.69, 9.17) is 10.7 Å². The van der Waals surface area contributed by atoms with Gasteiger partial charge in [0.05, 0.1) is 16.4 Å². The average Bonchev–Trinajstić information content (AvgIpc) is 3.21. The maximum Gasteiger partial charge on any atom is 0.117 e. The van der Waals surface area contributed by atoms with E-state index in [0.29, 0.717) is 6.54 Å². The van der Waals surface area contributed by atoms with Crippen LogP contribution in [0.2, 0.25) is 0 Å². The van der Waals surface area contributed by atoms with Crippen LogP contribution in [0.4, 0.5) is 0 Å². The first-order chi connectivity index (χ1) is 9.82. The van der Waals surface area contributed by atoms with Gasteiger partial charge in [-0.25, -0.2) is 4.98 Å². The Bertz CT molecular complexity index is 754. The number of fused-ring (bicyclic) bond motifs is 1. The molecule has 0 saturated heterocycles. The molecule has 1 fully saturated rings. The number of nitrogens with two attached hydrogens (primary N) is 1. The minimum atomic E-state index is 0.100. The quantitative estimate of drug-likeness (QED) is 0.763. The Morgan fingerprint density at radius 2 is 1.90 bits per heavy atom. The van der Waals surface area contributed by atoms with E-state index in [0.717, 1.165) is 22.4 Å². The topological polar surface area (TPSA) is 54.7 Å². The van der Waals surface area contributed by atoms with E-state index in [2.05, 4.69) is 53.5 Å². The van der Waals surface area contributed by atoms with Gasteiger partial charge in [0.2, 0.25) is 0 Å². The first-order valence-electron chi connectivity index (χ1n) is 7.06. The number of H-pyrrole nitrogens is 1. The molecule has 1 heterocycles. The number of aromatic nitrogens is 2. The molecule has 1 aliphatic rings. The predicted molar refractivity (Wildman–Crippen MR) is 80.4 cm³/mol. The highest BCUT2D eigenvalue weighted by Crippen LogP contribution is 2.52. The van der Waals surface area contributed by atoms with Crippen molar-refractivity contribution in [3.63, 3.8) is 0 Å². The van der Waals surface area contributed by atoms with Crippen molar-refractivity contribution in [1.82, 2.24) is 9.97 Å². The number of aromatic amines is 1. The maximum atomic E-state index is 5.70. The van der Waals surface area contributed by atoms with Gasteiger partial charge in [0.1, 0.15) is 5.82 Å². The number of hydrogen-bond acceptors (Lipinski definition) is 2. The highest BCUT2D eigenvalue weighted by Gasteiger charge is 2.48. The highest BCUT2D eigenvalue weighted by atomic mass is 15.0. The largest absolute Gasteiger partial charge is 0.341 e. The van der Waals surface area contributed by atoms with Gasteiger partial charge in [0.15, 0.2) is 0 Å². The second-order valence-corrected chi connectivity index (χ2v) is 5.59. The van der Waals surface area contributed by atoms with Crippen LogP contribution < -0.4 is 5.73 Å². The molecule has 3 nitrogen and oxygen atoms in total. The smallest absolute Gasteiger partial charge is 0.117 e. The summed E-state index contributed by atoms with van der Waals surface area (Å²) in [5.41, 5.74) is 10.4. The number of rotatable bonds is 3. The highest BCUT2D eigenvalue weighted by molar-refractivity contribution is 5.76. The number of nitrogens with zero attached hydrogens (tertiary/aromatic N) is 1. The SMILES string of the molecule is NCc1ccc2nc(C3(c4ccccc4)CC3)[nH]c2c1. The number of nitrogens with one attached hydrogen (secondary N) is 1. The van der Waals surface area contributed by atoms with Gasteiger partial charge in [-0.3, -0.25) is 0 Å². The van der Waals surface area contributed by atoms with Crippen molar-refractivity contribution < 1.29 is 0 Å². The zero-order chi connectivity index (χ0) is 13.6. The molecule has 4 rings (SSSR count). The van der Waals surface area contributed by atoms with Gasteiger partial charge in [-0.2, -0.15) is 0 Å². The van der Waals surface area contributed by atoms with Crippen LogP contribution in [-0.4, -0.2) is 9.97 Å². The molecule has 0 bridgehead atoms. The molecular weight excluding hydrogens is 246 g/mol. The molecule has 0 aliphatic heterocycles. The van der Waals surface area contributed by atoms with Crippen molar-refractivity contribution in [3.8, 4) is 0 Å². The number of hydrogen-bond donors (Lipinski definition) is 2. The monoisotopic (exact) mass is 263 g/mol. The lowest BCUT2D eigenvalue weighted by atomic mass is 9.95. The third-order valence-corrected chi connectivity index (χ3v) is 4.31. The molecule has 100 valence electrons. The van der Waals surface area contributed by atoms with Crippen LogP contribution in [0.1, 0.15) is 29.8 Å². The summed E-state index contributed by atoms with van der Waals surface area (Å²) in [6.07, 6.45) is 2.33. The second kappa shape index (κ2) is 4.18. The lowest BCUT2D eigenvalue weighted by molar-refractivity contribution is 0.779. The van der Waals surface area contributed by atoms with E-state index in [1.54, 1.807) is 0 Å². The van der Waals surface area contributed by atoms with Crippen LogP contribution in [0.3, 0.4) is 0 Å². The van der Waals surface area contributed by atoms with E-state index in [1.807, 2.05) is 0 Å². The molecule has 1 aliphatic carbocycles. The number of benzene rings is 2. The van der Waals surface area contributed by atoms with Gasteiger partial charge >= 0.3 is 0 Å². The Morgan fingerprint density at radius 1 is 1.10 bits per heavy atom. The van der Waals surface area contributed by atoms with Crippen molar-refractivity contribution in [2.45, 2.75) is 24.8 Å². The molecule has 0 amide bonds. The molecular formula is C17H17N3. The van der Waals surface area contributed by atoms with Crippen LogP contribution >= 0.6 is 0 Å². The molecule has 1 saturated carbocycles. The average molecular weight is 263 g/mol. The molecule has 3 heteroatoms. The van der Waals surface area contributed by atoms with Gasteiger partial charge in [0.25, 0.3) is 0 Å². The fourth-order valence-corrected chi connectivity index (χ4v) is 2.95. The summed E-state index contributed by atoms with van der Waals surface area (Å²) < 4.78 is 0. The van der Waals surface area contributed by atoms with Crippen molar-refractivity contribution in [1.29, 1.82) is 0 Å². The Kier molecular flexibility index (Phi) is 2.44. The third-order valence-electron chi connectivity index (χ3n) is 4.31. The number of imidazole rings is 1. The molecule has 3 aromatic rings. The van der Waals surface area contributed by atoms with Crippen molar-refractivity contribution in [2.75, 3.05) is 0 Å². The van der Waals surface area contributed by atoms with Crippen LogP contribution in [0, 0.1) is 0 Å². The van der Waals surface area contributed by atoms with Crippen LogP contribution in [0.15, 0.2) is 48.5 Å². The maximum absolute atomic E-state index is 5.70. The fourth-order valence-electron chi connectivity index (χ4n) is 2.95. The van der Waals surface area contributed by atoms with Gasteiger partial charge in [-0.15, -0.1) is 0 Å². The van der Waals surface area contributed by atoms with E-state index in [1.165, 1.54) is 18.4 Å². The summed E-state index contributed by atoms with van der Waals surface area (Å²) >= 11 is 0. The summed E-state index contributed by atoms with van der Waals surface area (Å²) in [4.78, 5) is 8.31. The van der Waals surface area contributed by atoms with Gasteiger partial charge < -0.3 is 10.7 Å².